The van der Waals surface area contributed by atoms with Gasteiger partial charge in [-0.1, -0.05) is 32.6 Å². The molecule has 1 aromatic rings. The highest BCUT2D eigenvalue weighted by atomic mass is 16.1. The number of aryl methyl sites for hydroxylation is 1. The number of hydrogen-bond acceptors (Lipinski definition) is 2. The molecule has 0 spiro atoms. The Hall–Kier alpha value is -1.12. The Bertz CT molecular complexity index is 342. The topological polar surface area (TPSA) is 34.9 Å². The summed E-state index contributed by atoms with van der Waals surface area (Å²) in [6.07, 6.45) is 8.29. The van der Waals surface area contributed by atoms with E-state index in [9.17, 15) is 4.79 Å². The molecule has 0 radical (unpaired) electrons. The smallest absolute Gasteiger partial charge is 0.166 e. The average molecular weight is 222 g/mol. The third-order valence-corrected chi connectivity index (χ3v) is 3.04. The number of Topliss-reactive ketones (excluding diaryl/α,β-unsaturated/α-hetero) is 1. The van der Waals surface area contributed by atoms with Crippen molar-refractivity contribution in [3.05, 3.63) is 17.5 Å². The van der Waals surface area contributed by atoms with E-state index < -0.39 is 0 Å². The van der Waals surface area contributed by atoms with Crippen molar-refractivity contribution >= 4 is 5.78 Å². The second-order valence-corrected chi connectivity index (χ2v) is 4.35. The van der Waals surface area contributed by atoms with Crippen LogP contribution in [0.5, 0.6) is 0 Å². The Morgan fingerprint density at radius 2 is 2.00 bits per heavy atom. The SMILES string of the molecule is CCCCCCCC(=O)c1cnn(C)c1C. The third-order valence-electron chi connectivity index (χ3n) is 3.04. The van der Waals surface area contributed by atoms with Crippen LogP contribution in [0.2, 0.25) is 0 Å². The van der Waals surface area contributed by atoms with Gasteiger partial charge in [-0.05, 0) is 13.3 Å². The molecule has 0 atom stereocenters. The van der Waals surface area contributed by atoms with Crippen molar-refractivity contribution in [3.63, 3.8) is 0 Å². The zero-order chi connectivity index (χ0) is 12.0. The molecule has 0 aliphatic rings. The number of carbonyl (C=O) groups excluding carboxylic acids is 1. The van der Waals surface area contributed by atoms with Gasteiger partial charge < -0.3 is 0 Å². The molecule has 0 unspecified atom stereocenters. The summed E-state index contributed by atoms with van der Waals surface area (Å²) in [5.74, 6) is 0.238. The highest BCUT2D eigenvalue weighted by Crippen LogP contribution is 2.12. The third kappa shape index (κ3) is 3.47. The van der Waals surface area contributed by atoms with E-state index >= 15 is 0 Å². The lowest BCUT2D eigenvalue weighted by atomic mass is 10.0. The minimum atomic E-state index is 0.238. The summed E-state index contributed by atoms with van der Waals surface area (Å²) in [6.45, 7) is 4.14. The molecule has 0 aromatic carbocycles. The van der Waals surface area contributed by atoms with Crippen LogP contribution in [0.25, 0.3) is 0 Å². The predicted octanol–water partition coefficient (Wildman–Crippen LogP) is 3.27. The number of rotatable bonds is 7. The molecule has 1 heterocycles. The van der Waals surface area contributed by atoms with Crippen LogP contribution < -0.4 is 0 Å². The molecule has 0 aliphatic heterocycles. The van der Waals surface area contributed by atoms with Gasteiger partial charge in [0.05, 0.1) is 11.8 Å². The van der Waals surface area contributed by atoms with Gasteiger partial charge in [-0.3, -0.25) is 9.48 Å². The number of nitrogens with zero attached hydrogens (tertiary/aromatic N) is 2. The molecule has 0 aliphatic carbocycles. The minimum absolute atomic E-state index is 0.238. The highest BCUT2D eigenvalue weighted by molar-refractivity contribution is 5.96. The summed E-state index contributed by atoms with van der Waals surface area (Å²) < 4.78 is 1.75. The Morgan fingerprint density at radius 3 is 2.56 bits per heavy atom. The first-order valence-corrected chi connectivity index (χ1v) is 6.18. The van der Waals surface area contributed by atoms with Gasteiger partial charge in [0.15, 0.2) is 5.78 Å². The van der Waals surface area contributed by atoms with Gasteiger partial charge in [0, 0.05) is 19.2 Å². The number of aromatic nitrogens is 2. The predicted molar refractivity (Wildman–Crippen MR) is 65.7 cm³/mol. The van der Waals surface area contributed by atoms with E-state index in [0.717, 1.165) is 17.7 Å². The molecular formula is C13H22N2O. The van der Waals surface area contributed by atoms with Gasteiger partial charge in [0.1, 0.15) is 0 Å². The molecule has 3 heteroatoms. The van der Waals surface area contributed by atoms with Gasteiger partial charge in [0.2, 0.25) is 0 Å². The van der Waals surface area contributed by atoms with Gasteiger partial charge in [-0.2, -0.15) is 5.10 Å². The molecule has 0 bridgehead atoms. The molecule has 3 nitrogen and oxygen atoms in total. The lowest BCUT2D eigenvalue weighted by molar-refractivity contribution is 0.0978. The van der Waals surface area contributed by atoms with Crippen LogP contribution in [-0.4, -0.2) is 15.6 Å². The van der Waals surface area contributed by atoms with Crippen LogP contribution in [0.4, 0.5) is 0 Å². The fourth-order valence-electron chi connectivity index (χ4n) is 1.80. The maximum absolute atomic E-state index is 11.9. The van der Waals surface area contributed by atoms with E-state index in [1.807, 2.05) is 14.0 Å². The molecule has 90 valence electrons. The zero-order valence-corrected chi connectivity index (χ0v) is 10.6. The molecular weight excluding hydrogens is 200 g/mol. The Labute approximate surface area is 97.8 Å². The van der Waals surface area contributed by atoms with Crippen LogP contribution in [-0.2, 0) is 7.05 Å². The Morgan fingerprint density at radius 1 is 1.31 bits per heavy atom. The van der Waals surface area contributed by atoms with E-state index in [2.05, 4.69) is 12.0 Å². The lowest BCUT2D eigenvalue weighted by Crippen LogP contribution is -2.01. The van der Waals surface area contributed by atoms with E-state index in [1.54, 1.807) is 10.9 Å². The van der Waals surface area contributed by atoms with Gasteiger partial charge in [-0.15, -0.1) is 0 Å². The lowest BCUT2D eigenvalue weighted by Gasteiger charge is -2.01. The molecule has 0 saturated carbocycles. The molecule has 0 saturated heterocycles. The quantitative estimate of drug-likeness (QED) is 0.524. The summed E-state index contributed by atoms with van der Waals surface area (Å²) in [7, 11) is 1.87. The fourth-order valence-corrected chi connectivity index (χ4v) is 1.80. The number of hydrogen-bond donors (Lipinski definition) is 0. The van der Waals surface area contributed by atoms with Crippen LogP contribution >= 0.6 is 0 Å². The fraction of sp³-hybridized carbons (Fsp3) is 0.692. The van der Waals surface area contributed by atoms with E-state index in [0.29, 0.717) is 6.42 Å². The van der Waals surface area contributed by atoms with E-state index in [-0.39, 0.29) is 5.78 Å². The van der Waals surface area contributed by atoms with Crippen molar-refractivity contribution in [3.8, 4) is 0 Å². The summed E-state index contributed by atoms with van der Waals surface area (Å²) in [4.78, 5) is 11.9. The first kappa shape index (κ1) is 12.9. The van der Waals surface area contributed by atoms with Crippen molar-refractivity contribution in [2.75, 3.05) is 0 Å². The molecule has 0 N–H and O–H groups in total. The van der Waals surface area contributed by atoms with Gasteiger partial charge in [-0.25, -0.2) is 0 Å². The van der Waals surface area contributed by atoms with Crippen molar-refractivity contribution < 1.29 is 4.79 Å². The summed E-state index contributed by atoms with van der Waals surface area (Å²) in [6, 6.07) is 0. The molecule has 1 rings (SSSR count). The second-order valence-electron chi connectivity index (χ2n) is 4.35. The standard InChI is InChI=1S/C13H22N2O/c1-4-5-6-7-8-9-13(16)12-10-14-15(3)11(12)2/h10H,4-9H2,1-3H3. The van der Waals surface area contributed by atoms with Gasteiger partial charge >= 0.3 is 0 Å². The van der Waals surface area contributed by atoms with Crippen molar-refractivity contribution in [1.82, 2.24) is 9.78 Å². The van der Waals surface area contributed by atoms with E-state index in [4.69, 9.17) is 0 Å². The molecule has 16 heavy (non-hydrogen) atoms. The first-order chi connectivity index (χ1) is 7.66. The van der Waals surface area contributed by atoms with Crippen LogP contribution in [0.3, 0.4) is 0 Å². The van der Waals surface area contributed by atoms with Crippen molar-refractivity contribution in [2.45, 2.75) is 52.4 Å². The number of ketones is 1. The summed E-state index contributed by atoms with van der Waals surface area (Å²) in [5, 5.41) is 4.09. The summed E-state index contributed by atoms with van der Waals surface area (Å²) in [5.41, 5.74) is 1.76. The van der Waals surface area contributed by atoms with Crippen LogP contribution in [0, 0.1) is 6.92 Å². The molecule has 1 aromatic heterocycles. The normalized spacial score (nSPS) is 10.7. The Kier molecular flexibility index (Phi) is 5.23. The largest absolute Gasteiger partial charge is 0.294 e. The number of unbranched alkanes of at least 4 members (excludes halogenated alkanes) is 4. The maximum atomic E-state index is 11.9. The van der Waals surface area contributed by atoms with Crippen molar-refractivity contribution in [1.29, 1.82) is 0 Å². The van der Waals surface area contributed by atoms with Crippen LogP contribution in [0.1, 0.15) is 61.5 Å². The van der Waals surface area contributed by atoms with Crippen LogP contribution in [0.15, 0.2) is 6.20 Å². The van der Waals surface area contributed by atoms with Gasteiger partial charge in [0.25, 0.3) is 0 Å². The molecule has 0 fully saturated rings. The maximum Gasteiger partial charge on any atom is 0.166 e. The van der Waals surface area contributed by atoms with Crippen molar-refractivity contribution in [2.24, 2.45) is 7.05 Å². The second kappa shape index (κ2) is 6.46. The Balaban J connectivity index is 2.33. The van der Waals surface area contributed by atoms with E-state index in [1.165, 1.54) is 25.7 Å². The number of carbonyl (C=O) groups is 1. The summed E-state index contributed by atoms with van der Waals surface area (Å²) >= 11 is 0. The monoisotopic (exact) mass is 222 g/mol. The minimum Gasteiger partial charge on any atom is -0.294 e. The molecule has 0 amide bonds. The zero-order valence-electron chi connectivity index (χ0n) is 10.6. The first-order valence-electron chi connectivity index (χ1n) is 6.18. The average Bonchev–Trinajstić information content (AvgIpc) is 2.59. The highest BCUT2D eigenvalue weighted by Gasteiger charge is 2.11.